The van der Waals surface area contributed by atoms with E-state index in [9.17, 15) is 18.0 Å². The number of benzene rings is 3. The third-order valence-electron chi connectivity index (χ3n) is 6.24. The molecule has 0 aliphatic carbocycles. The highest BCUT2D eigenvalue weighted by Crippen LogP contribution is 2.24. The van der Waals surface area contributed by atoms with Crippen LogP contribution in [0.5, 0.6) is 0 Å². The molecule has 0 bridgehead atoms. The summed E-state index contributed by atoms with van der Waals surface area (Å²) in [5.74, 6) is -0.274. The number of ether oxygens (including phenoxy) is 1. The predicted molar refractivity (Wildman–Crippen MR) is 140 cm³/mol. The number of carbonyl (C=O) groups is 2. The summed E-state index contributed by atoms with van der Waals surface area (Å²) in [7, 11) is -3.54. The second-order valence-electron chi connectivity index (χ2n) is 10.0. The van der Waals surface area contributed by atoms with Gasteiger partial charge in [-0.05, 0) is 56.2 Å². The van der Waals surface area contributed by atoms with Gasteiger partial charge in [-0.2, -0.15) is 0 Å². The standard InChI is InChI=1S/C28H32N2O5S/c1-28(2,3)35-27(32)30-18-17-29(26(31)25-15-9-11-21-10-7-8-14-24(21)25)20-22(30)16-19-36(33,34)23-12-5-4-6-13-23/h4-15,22H,16-20H2,1-3H3. The van der Waals surface area contributed by atoms with Crippen LogP contribution in [0.2, 0.25) is 0 Å². The number of carbonyl (C=O) groups excluding carboxylic acids is 2. The van der Waals surface area contributed by atoms with E-state index in [0.29, 0.717) is 12.1 Å². The molecule has 1 heterocycles. The smallest absolute Gasteiger partial charge is 0.410 e. The van der Waals surface area contributed by atoms with Gasteiger partial charge in [0.25, 0.3) is 5.91 Å². The Balaban J connectivity index is 1.57. The largest absolute Gasteiger partial charge is 0.444 e. The number of fused-ring (bicyclic) bond motifs is 1. The second kappa shape index (κ2) is 10.3. The Morgan fingerprint density at radius 3 is 2.31 bits per heavy atom. The molecule has 1 atom stereocenters. The number of sulfone groups is 1. The lowest BCUT2D eigenvalue weighted by Crippen LogP contribution is -2.57. The van der Waals surface area contributed by atoms with Gasteiger partial charge in [-0.25, -0.2) is 13.2 Å². The van der Waals surface area contributed by atoms with Crippen molar-refractivity contribution in [2.45, 2.75) is 43.7 Å². The summed E-state index contributed by atoms with van der Waals surface area (Å²) in [5, 5.41) is 1.84. The average Bonchev–Trinajstić information content (AvgIpc) is 2.86. The van der Waals surface area contributed by atoms with Crippen molar-refractivity contribution in [3.63, 3.8) is 0 Å². The van der Waals surface area contributed by atoms with Gasteiger partial charge in [-0.3, -0.25) is 4.79 Å². The Kier molecular flexibility index (Phi) is 7.36. The fraction of sp³-hybridized carbons (Fsp3) is 0.357. The molecule has 0 aromatic heterocycles. The summed E-state index contributed by atoms with van der Waals surface area (Å²) >= 11 is 0. The van der Waals surface area contributed by atoms with E-state index in [0.717, 1.165) is 10.8 Å². The molecule has 1 aliphatic rings. The maximum absolute atomic E-state index is 13.6. The van der Waals surface area contributed by atoms with Gasteiger partial charge in [0.15, 0.2) is 9.84 Å². The first-order valence-electron chi connectivity index (χ1n) is 12.1. The van der Waals surface area contributed by atoms with Crippen molar-refractivity contribution in [2.75, 3.05) is 25.4 Å². The van der Waals surface area contributed by atoms with Gasteiger partial charge in [0, 0.05) is 25.2 Å². The number of hydrogen-bond donors (Lipinski definition) is 0. The van der Waals surface area contributed by atoms with Crippen LogP contribution in [0, 0.1) is 0 Å². The maximum atomic E-state index is 13.6. The first kappa shape index (κ1) is 25.7. The van der Waals surface area contributed by atoms with E-state index in [2.05, 4.69) is 0 Å². The molecule has 1 saturated heterocycles. The van der Waals surface area contributed by atoms with Crippen LogP contribution in [0.4, 0.5) is 4.79 Å². The summed E-state index contributed by atoms with van der Waals surface area (Å²) in [5.41, 5.74) is -0.0947. The van der Waals surface area contributed by atoms with Crippen molar-refractivity contribution in [1.82, 2.24) is 9.80 Å². The maximum Gasteiger partial charge on any atom is 0.410 e. The summed E-state index contributed by atoms with van der Waals surface area (Å²) < 4.78 is 31.5. The minimum atomic E-state index is -3.54. The molecule has 0 N–H and O–H groups in total. The molecule has 0 spiro atoms. The molecule has 36 heavy (non-hydrogen) atoms. The van der Waals surface area contributed by atoms with Crippen molar-refractivity contribution >= 4 is 32.6 Å². The van der Waals surface area contributed by atoms with Crippen LogP contribution in [-0.4, -0.2) is 67.2 Å². The monoisotopic (exact) mass is 508 g/mol. The molecule has 0 radical (unpaired) electrons. The van der Waals surface area contributed by atoms with Gasteiger partial charge in [-0.15, -0.1) is 0 Å². The highest BCUT2D eigenvalue weighted by Gasteiger charge is 2.36. The zero-order chi connectivity index (χ0) is 25.9. The third-order valence-corrected chi connectivity index (χ3v) is 8.00. The first-order valence-corrected chi connectivity index (χ1v) is 13.7. The van der Waals surface area contributed by atoms with Crippen LogP contribution >= 0.6 is 0 Å². The quantitative estimate of drug-likeness (QED) is 0.496. The van der Waals surface area contributed by atoms with Gasteiger partial charge >= 0.3 is 6.09 Å². The Hall–Kier alpha value is -3.39. The lowest BCUT2D eigenvalue weighted by atomic mass is 10.0. The first-order chi connectivity index (χ1) is 17.0. The van der Waals surface area contributed by atoms with Crippen molar-refractivity contribution < 1.29 is 22.7 Å². The highest BCUT2D eigenvalue weighted by molar-refractivity contribution is 7.91. The van der Waals surface area contributed by atoms with Gasteiger partial charge in [0.05, 0.1) is 16.7 Å². The Bertz CT molecular complexity index is 1340. The summed E-state index contributed by atoms with van der Waals surface area (Å²) in [6, 6.07) is 21.1. The lowest BCUT2D eigenvalue weighted by Gasteiger charge is -2.42. The Morgan fingerprint density at radius 1 is 0.917 bits per heavy atom. The van der Waals surface area contributed by atoms with Crippen molar-refractivity contribution in [3.05, 3.63) is 78.4 Å². The van der Waals surface area contributed by atoms with Crippen LogP contribution < -0.4 is 0 Å². The molecule has 7 nitrogen and oxygen atoms in total. The molecule has 1 unspecified atom stereocenters. The second-order valence-corrected chi connectivity index (χ2v) is 12.1. The molecular formula is C28H32N2O5S. The molecule has 1 aliphatic heterocycles. The summed E-state index contributed by atoms with van der Waals surface area (Å²) in [6.07, 6.45) is -0.308. The molecule has 2 amide bonds. The Labute approximate surface area is 212 Å². The summed E-state index contributed by atoms with van der Waals surface area (Å²) in [6.45, 7) is 6.20. The SMILES string of the molecule is CC(C)(C)OC(=O)N1CCN(C(=O)c2cccc3ccccc23)CC1CCS(=O)(=O)c1ccccc1. The Morgan fingerprint density at radius 2 is 1.58 bits per heavy atom. The third kappa shape index (κ3) is 5.87. The molecule has 3 aromatic carbocycles. The number of amides is 2. The topological polar surface area (TPSA) is 84.0 Å². The van der Waals surface area contributed by atoms with Crippen molar-refractivity contribution in [3.8, 4) is 0 Å². The number of rotatable bonds is 5. The van der Waals surface area contributed by atoms with E-state index < -0.39 is 27.6 Å². The van der Waals surface area contributed by atoms with Crippen LogP contribution in [-0.2, 0) is 14.6 Å². The highest BCUT2D eigenvalue weighted by atomic mass is 32.2. The minimum absolute atomic E-state index is 0.133. The van der Waals surface area contributed by atoms with Crippen LogP contribution in [0.25, 0.3) is 10.8 Å². The molecule has 4 rings (SSSR count). The predicted octanol–water partition coefficient (Wildman–Crippen LogP) is 4.77. The normalized spacial score (nSPS) is 16.7. The number of hydrogen-bond acceptors (Lipinski definition) is 5. The van der Waals surface area contributed by atoms with Crippen LogP contribution in [0.3, 0.4) is 0 Å². The van der Waals surface area contributed by atoms with E-state index in [4.69, 9.17) is 4.74 Å². The van der Waals surface area contributed by atoms with E-state index in [1.807, 2.05) is 36.4 Å². The average molecular weight is 509 g/mol. The van der Waals surface area contributed by atoms with Crippen LogP contribution in [0.15, 0.2) is 77.7 Å². The molecule has 0 saturated carbocycles. The lowest BCUT2D eigenvalue weighted by molar-refractivity contribution is -0.00106. The molecule has 8 heteroatoms. The van der Waals surface area contributed by atoms with Gasteiger partial charge in [-0.1, -0.05) is 54.6 Å². The van der Waals surface area contributed by atoms with E-state index >= 15 is 0 Å². The van der Waals surface area contributed by atoms with Crippen molar-refractivity contribution in [1.29, 1.82) is 0 Å². The zero-order valence-corrected chi connectivity index (χ0v) is 21.7. The zero-order valence-electron chi connectivity index (χ0n) is 20.9. The molecule has 190 valence electrons. The van der Waals surface area contributed by atoms with Gasteiger partial charge in [0.1, 0.15) is 5.60 Å². The van der Waals surface area contributed by atoms with Crippen LogP contribution in [0.1, 0.15) is 37.6 Å². The molecular weight excluding hydrogens is 476 g/mol. The summed E-state index contributed by atoms with van der Waals surface area (Å²) in [4.78, 5) is 30.1. The van der Waals surface area contributed by atoms with Gasteiger partial charge < -0.3 is 14.5 Å². The molecule has 3 aromatic rings. The number of nitrogens with zero attached hydrogens (tertiary/aromatic N) is 2. The van der Waals surface area contributed by atoms with E-state index in [1.54, 1.807) is 67.0 Å². The fourth-order valence-electron chi connectivity index (χ4n) is 4.47. The number of piperazine rings is 1. The minimum Gasteiger partial charge on any atom is -0.444 e. The fourth-order valence-corrected chi connectivity index (χ4v) is 5.86. The molecule has 1 fully saturated rings. The van der Waals surface area contributed by atoms with E-state index in [-0.39, 0.29) is 36.1 Å². The van der Waals surface area contributed by atoms with E-state index in [1.165, 1.54) is 0 Å². The van der Waals surface area contributed by atoms with Gasteiger partial charge in [0.2, 0.25) is 0 Å². The van der Waals surface area contributed by atoms with Crippen molar-refractivity contribution in [2.24, 2.45) is 0 Å².